The van der Waals surface area contributed by atoms with Gasteiger partial charge >= 0.3 is 6.03 Å². The van der Waals surface area contributed by atoms with Gasteiger partial charge in [0.2, 0.25) is 5.91 Å². The number of likely N-dealkylation sites (N-methyl/N-ethyl adjacent to an activating group) is 1. The van der Waals surface area contributed by atoms with Crippen molar-refractivity contribution in [2.45, 2.75) is 20.5 Å². The lowest BCUT2D eigenvalue weighted by molar-refractivity contribution is -0.117. The zero-order valence-electron chi connectivity index (χ0n) is 22.3. The summed E-state index contributed by atoms with van der Waals surface area (Å²) in [5.41, 5.74) is 3.11. The van der Waals surface area contributed by atoms with Gasteiger partial charge in [0.05, 0.1) is 22.3 Å². The Labute approximate surface area is 258 Å². The number of nitrogens with zero attached hydrogens (tertiary/aromatic N) is 2. The SMILES string of the molecule is CC(=O)c1cccc(NC(=O)NCC(=O)N(C)c2ccc(Cl)c(COc3cccc4c(Cl)cc(C)nc34)c2Cl)c1.Cl. The third kappa shape index (κ3) is 7.59. The molecule has 0 saturated carbocycles. The minimum absolute atomic E-state index is 0. The summed E-state index contributed by atoms with van der Waals surface area (Å²) in [6.45, 7) is 2.99. The van der Waals surface area contributed by atoms with E-state index in [-0.39, 0.29) is 36.4 Å². The quantitative estimate of drug-likeness (QED) is 0.195. The maximum atomic E-state index is 12.9. The lowest BCUT2D eigenvalue weighted by atomic mass is 10.1. The topological polar surface area (TPSA) is 101 Å². The second kappa shape index (κ2) is 13.9. The van der Waals surface area contributed by atoms with E-state index in [0.717, 1.165) is 11.1 Å². The van der Waals surface area contributed by atoms with E-state index in [1.807, 2.05) is 19.1 Å². The molecule has 1 heterocycles. The molecular weight excluding hydrogens is 610 g/mol. The second-order valence-corrected chi connectivity index (χ2v) is 10.1. The summed E-state index contributed by atoms with van der Waals surface area (Å²) in [5, 5.41) is 7.03. The predicted octanol–water partition coefficient (Wildman–Crippen LogP) is 7.49. The Balaban J connectivity index is 0.00000462. The predicted molar refractivity (Wildman–Crippen MR) is 166 cm³/mol. The van der Waals surface area contributed by atoms with E-state index < -0.39 is 11.9 Å². The van der Waals surface area contributed by atoms with Crippen molar-refractivity contribution in [2.75, 3.05) is 23.8 Å². The Morgan fingerprint density at radius 1 is 0.976 bits per heavy atom. The zero-order chi connectivity index (χ0) is 29.0. The molecule has 0 atom stereocenters. The lowest BCUT2D eigenvalue weighted by Crippen LogP contribution is -2.40. The highest BCUT2D eigenvalue weighted by atomic mass is 35.5. The largest absolute Gasteiger partial charge is 0.487 e. The van der Waals surface area contributed by atoms with Gasteiger partial charge in [-0.2, -0.15) is 0 Å². The number of hydrogen-bond donors (Lipinski definition) is 2. The van der Waals surface area contributed by atoms with E-state index in [1.54, 1.807) is 48.5 Å². The number of halogens is 4. The fourth-order valence-electron chi connectivity index (χ4n) is 3.94. The van der Waals surface area contributed by atoms with Crippen LogP contribution in [0.2, 0.25) is 15.1 Å². The molecular formula is C29H26Cl4N4O4. The van der Waals surface area contributed by atoms with Gasteiger partial charge in [0.25, 0.3) is 0 Å². The molecule has 0 aliphatic carbocycles. The highest BCUT2D eigenvalue weighted by Crippen LogP contribution is 2.36. The molecule has 8 nitrogen and oxygen atoms in total. The van der Waals surface area contributed by atoms with Crippen LogP contribution >= 0.6 is 47.2 Å². The monoisotopic (exact) mass is 634 g/mol. The first-order valence-electron chi connectivity index (χ1n) is 12.1. The van der Waals surface area contributed by atoms with E-state index in [9.17, 15) is 14.4 Å². The first-order chi connectivity index (χ1) is 19.0. The molecule has 41 heavy (non-hydrogen) atoms. The molecule has 2 N–H and O–H groups in total. The molecule has 0 saturated heterocycles. The van der Waals surface area contributed by atoms with Crippen LogP contribution in [0.3, 0.4) is 0 Å². The van der Waals surface area contributed by atoms with Crippen molar-refractivity contribution in [3.05, 3.63) is 92.6 Å². The van der Waals surface area contributed by atoms with Crippen LogP contribution in [0, 0.1) is 6.92 Å². The van der Waals surface area contributed by atoms with Crippen LogP contribution in [-0.4, -0.2) is 36.3 Å². The smallest absolute Gasteiger partial charge is 0.319 e. The summed E-state index contributed by atoms with van der Waals surface area (Å²) in [5.74, 6) is -0.0417. The van der Waals surface area contributed by atoms with Gasteiger partial charge < -0.3 is 20.3 Å². The average Bonchev–Trinajstić information content (AvgIpc) is 2.91. The van der Waals surface area contributed by atoms with Gasteiger partial charge in [0, 0.05) is 40.0 Å². The number of para-hydroxylation sites is 1. The summed E-state index contributed by atoms with van der Waals surface area (Å²) in [6.07, 6.45) is 0. The van der Waals surface area contributed by atoms with Gasteiger partial charge in [-0.3, -0.25) is 9.59 Å². The number of anilines is 2. The Hall–Kier alpha value is -3.56. The number of Topliss-reactive ketones (excluding diaryl/α,β-unsaturated/α-hetero) is 1. The second-order valence-electron chi connectivity index (χ2n) is 8.94. The molecule has 0 fully saturated rings. The van der Waals surface area contributed by atoms with Gasteiger partial charge in [0.15, 0.2) is 5.78 Å². The molecule has 3 amide bonds. The molecule has 4 aromatic rings. The lowest BCUT2D eigenvalue weighted by Gasteiger charge is -2.21. The number of aryl methyl sites for hydroxylation is 1. The first-order valence-corrected chi connectivity index (χ1v) is 13.3. The van der Waals surface area contributed by atoms with E-state index in [1.165, 1.54) is 18.9 Å². The third-order valence-electron chi connectivity index (χ3n) is 6.08. The van der Waals surface area contributed by atoms with Crippen molar-refractivity contribution < 1.29 is 19.1 Å². The first kappa shape index (κ1) is 32.0. The van der Waals surface area contributed by atoms with Crippen LogP contribution in [0.5, 0.6) is 5.75 Å². The van der Waals surface area contributed by atoms with Gasteiger partial charge in [-0.05, 0) is 50.2 Å². The van der Waals surface area contributed by atoms with Crippen molar-refractivity contribution in [3.8, 4) is 5.75 Å². The summed E-state index contributed by atoms with van der Waals surface area (Å²) < 4.78 is 6.05. The van der Waals surface area contributed by atoms with E-state index in [0.29, 0.717) is 43.8 Å². The zero-order valence-corrected chi connectivity index (χ0v) is 25.3. The minimum Gasteiger partial charge on any atom is -0.487 e. The number of ketones is 1. The molecule has 4 rings (SSSR count). The molecule has 3 aromatic carbocycles. The van der Waals surface area contributed by atoms with E-state index >= 15 is 0 Å². The molecule has 0 spiro atoms. The summed E-state index contributed by atoms with van der Waals surface area (Å²) in [4.78, 5) is 42.6. The summed E-state index contributed by atoms with van der Waals surface area (Å²) >= 11 is 19.5. The molecule has 0 aliphatic rings. The Morgan fingerprint density at radius 3 is 2.44 bits per heavy atom. The number of ether oxygens (including phenoxy) is 1. The van der Waals surface area contributed by atoms with Gasteiger partial charge in [0.1, 0.15) is 17.9 Å². The van der Waals surface area contributed by atoms with Gasteiger partial charge in [-0.1, -0.05) is 59.1 Å². The van der Waals surface area contributed by atoms with Crippen LogP contribution < -0.4 is 20.3 Å². The molecule has 0 radical (unpaired) electrons. The van der Waals surface area contributed by atoms with Crippen LogP contribution in [0.15, 0.2) is 60.7 Å². The fraction of sp³-hybridized carbons (Fsp3) is 0.172. The number of nitrogens with one attached hydrogen (secondary N) is 2. The summed E-state index contributed by atoms with van der Waals surface area (Å²) in [6, 6.07) is 16.4. The molecule has 214 valence electrons. The molecule has 12 heteroatoms. The fourth-order valence-corrected chi connectivity index (χ4v) is 4.86. The number of carbonyl (C=O) groups excluding carboxylic acids is 3. The number of pyridine rings is 1. The van der Waals surface area contributed by atoms with Crippen molar-refractivity contribution in [1.82, 2.24) is 10.3 Å². The van der Waals surface area contributed by atoms with E-state index in [4.69, 9.17) is 39.5 Å². The third-order valence-corrected chi connectivity index (χ3v) is 7.17. The molecule has 0 bridgehead atoms. The highest BCUT2D eigenvalue weighted by Gasteiger charge is 2.20. The average molecular weight is 636 g/mol. The number of benzene rings is 3. The number of aromatic nitrogens is 1. The van der Waals surface area contributed by atoms with Gasteiger partial charge in [-0.15, -0.1) is 12.4 Å². The Morgan fingerprint density at radius 2 is 1.71 bits per heavy atom. The molecule has 0 aliphatic heterocycles. The van der Waals surface area contributed by atoms with Crippen molar-refractivity contribution in [2.24, 2.45) is 0 Å². The number of fused-ring (bicyclic) bond motifs is 1. The van der Waals surface area contributed by atoms with Gasteiger partial charge in [-0.25, -0.2) is 9.78 Å². The number of amides is 3. The Kier molecular flexibility index (Phi) is 10.8. The molecule has 1 aromatic heterocycles. The van der Waals surface area contributed by atoms with Crippen molar-refractivity contribution in [3.63, 3.8) is 0 Å². The van der Waals surface area contributed by atoms with Crippen LogP contribution in [0.4, 0.5) is 16.2 Å². The van der Waals surface area contributed by atoms with Crippen LogP contribution in [0.25, 0.3) is 10.9 Å². The van der Waals surface area contributed by atoms with Crippen LogP contribution in [0.1, 0.15) is 28.5 Å². The van der Waals surface area contributed by atoms with Crippen molar-refractivity contribution in [1.29, 1.82) is 0 Å². The number of hydrogen-bond acceptors (Lipinski definition) is 5. The Bertz CT molecular complexity index is 1630. The number of rotatable bonds is 8. The standard InChI is InChI=1S/C29H25Cl3N4O4.ClH/c1-16-12-23(31)20-8-5-9-25(28(20)34-16)40-15-21-22(30)10-11-24(27(21)32)36(3)26(38)14-33-29(39)35-19-7-4-6-18(13-19)17(2)37;/h4-13H,14-15H2,1-3H3,(H2,33,35,39);1H. The number of urea groups is 1. The normalized spacial score (nSPS) is 10.5. The molecule has 0 unspecified atom stereocenters. The number of carbonyl (C=O) groups is 3. The minimum atomic E-state index is -0.599. The van der Waals surface area contributed by atoms with Crippen LogP contribution in [-0.2, 0) is 11.4 Å². The summed E-state index contributed by atoms with van der Waals surface area (Å²) in [7, 11) is 1.54. The van der Waals surface area contributed by atoms with E-state index in [2.05, 4.69) is 15.6 Å². The maximum Gasteiger partial charge on any atom is 0.319 e. The van der Waals surface area contributed by atoms with Crippen molar-refractivity contribution >= 4 is 87.2 Å². The maximum absolute atomic E-state index is 12.9. The highest BCUT2D eigenvalue weighted by molar-refractivity contribution is 6.38.